The van der Waals surface area contributed by atoms with Crippen molar-refractivity contribution in [3.8, 4) is 102 Å². The summed E-state index contributed by atoms with van der Waals surface area (Å²) in [5.41, 5.74) is 38.0. The number of benzene rings is 19. The highest BCUT2D eigenvalue weighted by molar-refractivity contribution is 7.01. The van der Waals surface area contributed by atoms with Gasteiger partial charge in [-0.3, -0.25) is 0 Å². The Bertz CT molecular complexity index is 8570. The molecule has 0 aliphatic carbocycles. The van der Waals surface area contributed by atoms with Crippen LogP contribution in [0.15, 0.2) is 413 Å². The van der Waals surface area contributed by atoms with Crippen LogP contribution in [0.5, 0.6) is 46.0 Å². The van der Waals surface area contributed by atoms with Crippen LogP contribution in [0.3, 0.4) is 0 Å². The van der Waals surface area contributed by atoms with E-state index in [0.717, 1.165) is 46.0 Å². The average molecular weight is 1600 g/mol. The van der Waals surface area contributed by atoms with Crippen LogP contribution in [0.25, 0.3) is 143 Å². The van der Waals surface area contributed by atoms with Crippen molar-refractivity contribution in [2.24, 2.45) is 0 Å². The van der Waals surface area contributed by atoms with Crippen molar-refractivity contribution < 1.29 is 18.9 Å². The molecular formula is C114H68B4N4O4. The molecule has 8 aliphatic rings. The largest absolute Gasteiger partial charge is 0.458 e. The van der Waals surface area contributed by atoms with Crippen molar-refractivity contribution >= 4 is 180 Å². The van der Waals surface area contributed by atoms with Gasteiger partial charge in [-0.25, -0.2) is 0 Å². The molecule has 23 aromatic rings. The van der Waals surface area contributed by atoms with Gasteiger partial charge in [-0.2, -0.15) is 0 Å². The molecule has 0 saturated heterocycles. The first-order chi connectivity index (χ1) is 62.6. The predicted octanol–water partition coefficient (Wildman–Crippen LogP) is 19.9. The second kappa shape index (κ2) is 26.7. The normalized spacial score (nSPS) is 13.1. The number of para-hydroxylation sites is 9. The van der Waals surface area contributed by atoms with Crippen LogP contribution < -0.4 is 84.5 Å². The van der Waals surface area contributed by atoms with Crippen LogP contribution in [0, 0.1) is 0 Å². The quantitative estimate of drug-likeness (QED) is 0.165. The molecule has 0 radical (unpaired) electrons. The zero-order valence-corrected chi connectivity index (χ0v) is 68.0. The summed E-state index contributed by atoms with van der Waals surface area (Å²) in [6.45, 7) is 0.731. The first-order valence-electron chi connectivity index (χ1n) is 43.6. The minimum absolute atomic E-state index is 0.168. The summed E-state index contributed by atoms with van der Waals surface area (Å²) in [6, 6.07) is 148. The summed E-state index contributed by atoms with van der Waals surface area (Å²) >= 11 is 0. The third-order valence-corrected chi connectivity index (χ3v) is 27.9. The van der Waals surface area contributed by atoms with E-state index in [1.54, 1.807) is 0 Å². The molecule has 0 amide bonds. The Morgan fingerprint density at radius 3 is 0.913 bits per heavy atom. The van der Waals surface area contributed by atoms with Crippen molar-refractivity contribution in [2.45, 2.75) is 0 Å². The van der Waals surface area contributed by atoms with Crippen LogP contribution in [0.4, 0.5) is 0 Å². The maximum Gasteiger partial charge on any atom is 0.256 e. The van der Waals surface area contributed by atoms with Crippen LogP contribution in [-0.2, 0) is 0 Å². The molecule has 8 nitrogen and oxygen atoms in total. The van der Waals surface area contributed by atoms with Gasteiger partial charge in [0.15, 0.2) is 0 Å². The molecule has 0 saturated carbocycles. The lowest BCUT2D eigenvalue weighted by Gasteiger charge is -2.32. The molecule has 0 spiro atoms. The van der Waals surface area contributed by atoms with Gasteiger partial charge in [0.2, 0.25) is 0 Å². The molecule has 0 fully saturated rings. The second-order valence-corrected chi connectivity index (χ2v) is 34.1. The Labute approximate surface area is 726 Å². The van der Waals surface area contributed by atoms with E-state index in [0.29, 0.717) is 0 Å². The summed E-state index contributed by atoms with van der Waals surface area (Å²) < 4.78 is 35.5. The van der Waals surface area contributed by atoms with Crippen molar-refractivity contribution in [1.29, 1.82) is 0 Å². The maximum absolute atomic E-state index is 6.46. The summed E-state index contributed by atoms with van der Waals surface area (Å²) in [5.74, 6) is 7.71. The number of hydrogen-bond donors (Lipinski definition) is 0. The van der Waals surface area contributed by atoms with Gasteiger partial charge >= 0.3 is 0 Å². The van der Waals surface area contributed by atoms with E-state index in [1.807, 2.05) is 6.07 Å². The lowest BCUT2D eigenvalue weighted by molar-refractivity contribution is 0.487. The Morgan fingerprint density at radius 1 is 0.167 bits per heavy atom. The lowest BCUT2D eigenvalue weighted by Crippen LogP contribution is -2.58. The van der Waals surface area contributed by atoms with Gasteiger partial charge in [0.25, 0.3) is 26.9 Å². The molecule has 12 heteroatoms. The molecule has 0 N–H and O–H groups in total. The van der Waals surface area contributed by atoms with Gasteiger partial charge in [0.05, 0.1) is 44.1 Å². The third-order valence-electron chi connectivity index (χ3n) is 27.9. The van der Waals surface area contributed by atoms with E-state index in [4.69, 9.17) is 18.9 Å². The predicted molar refractivity (Wildman–Crippen MR) is 524 cm³/mol. The smallest absolute Gasteiger partial charge is 0.256 e. The summed E-state index contributed by atoms with van der Waals surface area (Å²) in [4.78, 5) is 0. The lowest BCUT2D eigenvalue weighted by atomic mass is 9.34. The minimum atomic E-state index is 0.168. The standard InChI is InChI=1S/3C30H18BNO.C24H14BNO/c1-2-9-19(10-3-1)20-11-8-15-25-28(20)21-17-18-27-29-30(21)32(25)24-14-6-4-12-22(24)31(29)23-13-5-7-16-26(23)33-27;1-2-8-19(9-3-1)20-14-16-25-22(18-20)21-15-17-28-29-30(21)32(25)26-12-6-4-10-23(26)31(29)24-11-5-7-13-27(24)33-28;1-2-8-19(9-3-1)20-14-15-21-22-16-17-28-29-30(22)32(26(21)18-20)25-12-6-4-10-23(25)31(29)24-11-5-7-13-27(24)33-28;1-4-10-19-15(7-1)16-13-14-22-23-24(16)26(19)20-11-5-2-8-17(20)25(23)18-9-3-6-12-21(18)27-22/h3*1-18H;1-14H. The highest BCUT2D eigenvalue weighted by Crippen LogP contribution is 2.47. The Hall–Kier alpha value is -16.2. The highest BCUT2D eigenvalue weighted by Gasteiger charge is 2.46. The fourth-order valence-corrected chi connectivity index (χ4v) is 22.8. The summed E-state index contributed by atoms with van der Waals surface area (Å²) in [7, 11) is 0. The number of ether oxygens (including phenoxy) is 4. The number of rotatable bonds is 3. The third kappa shape index (κ3) is 9.78. The first kappa shape index (κ1) is 69.5. The number of hydrogen-bond acceptors (Lipinski definition) is 4. The van der Waals surface area contributed by atoms with Gasteiger partial charge in [-0.15, -0.1) is 0 Å². The van der Waals surface area contributed by atoms with Gasteiger partial charge in [0, 0.05) is 65.8 Å². The van der Waals surface area contributed by atoms with Crippen LogP contribution in [0.2, 0.25) is 0 Å². The highest BCUT2D eigenvalue weighted by atomic mass is 16.5. The topological polar surface area (TPSA) is 56.6 Å². The van der Waals surface area contributed by atoms with E-state index in [-0.39, 0.29) is 26.9 Å². The average Bonchev–Trinajstić information content (AvgIpc) is 1.51. The van der Waals surface area contributed by atoms with E-state index in [1.165, 1.54) is 209 Å². The molecule has 0 unspecified atom stereocenters. The molecular weight excluding hydrogens is 1530 g/mol. The minimum Gasteiger partial charge on any atom is -0.458 e. The van der Waals surface area contributed by atoms with Gasteiger partial charge in [0.1, 0.15) is 46.0 Å². The number of fused-ring (bicyclic) bond motifs is 32. The monoisotopic (exact) mass is 1600 g/mol. The van der Waals surface area contributed by atoms with Gasteiger partial charge in [-0.05, 0) is 226 Å². The van der Waals surface area contributed by atoms with E-state index in [2.05, 4.69) is 425 Å². The fourth-order valence-electron chi connectivity index (χ4n) is 22.8. The Balaban J connectivity index is 0.0000000857. The zero-order valence-electron chi connectivity index (χ0n) is 68.0. The van der Waals surface area contributed by atoms with E-state index >= 15 is 0 Å². The molecule has 0 bridgehead atoms. The summed E-state index contributed by atoms with van der Waals surface area (Å²) in [6.07, 6.45) is 0. The summed E-state index contributed by atoms with van der Waals surface area (Å²) in [5, 5.41) is 10.3. The van der Waals surface area contributed by atoms with Crippen molar-refractivity contribution in [2.75, 3.05) is 0 Å². The molecule has 126 heavy (non-hydrogen) atoms. The van der Waals surface area contributed by atoms with Gasteiger partial charge < -0.3 is 37.2 Å². The molecule has 0 atom stereocenters. The van der Waals surface area contributed by atoms with Crippen LogP contribution in [-0.4, -0.2) is 45.1 Å². The Morgan fingerprint density at radius 2 is 0.468 bits per heavy atom. The van der Waals surface area contributed by atoms with Crippen LogP contribution in [0.1, 0.15) is 0 Å². The molecule has 580 valence electrons. The zero-order chi connectivity index (χ0) is 82.1. The van der Waals surface area contributed by atoms with Crippen molar-refractivity contribution in [3.05, 3.63) is 413 Å². The Kier molecular flexibility index (Phi) is 14.7. The van der Waals surface area contributed by atoms with Crippen molar-refractivity contribution in [3.63, 3.8) is 0 Å². The number of aromatic nitrogens is 4. The first-order valence-corrected chi connectivity index (χ1v) is 43.6. The number of nitrogens with zero attached hydrogens (tertiary/aromatic N) is 4. The van der Waals surface area contributed by atoms with Crippen LogP contribution >= 0.6 is 0 Å². The molecule has 8 aliphatic heterocycles. The molecule has 31 rings (SSSR count). The molecule has 4 aromatic heterocycles. The second-order valence-electron chi connectivity index (χ2n) is 34.1. The maximum atomic E-state index is 6.46. The SMILES string of the molecule is c1ccc(-c2ccc3c(c2)c2ccc4c5c2n3-c2ccccc2B5c2ccccc2O4)cc1.c1ccc(-c2ccc3c4ccc5c6c4n(c3c2)-c2ccccc2B6c2ccccc2O5)cc1.c1ccc(-c2cccc3c2c2ccc4c5c2n3-c2ccccc2B5c2ccccc2O4)cc1.c1ccc2c(c1)Oc1ccc3c4ccccc4n4c3c1B2c1ccccc1-4. The molecule has 12 heterocycles. The molecule has 19 aromatic carbocycles. The van der Waals surface area contributed by atoms with E-state index in [9.17, 15) is 0 Å². The fraction of sp³-hybridized carbons (Fsp3) is 0. The van der Waals surface area contributed by atoms with Gasteiger partial charge in [-0.1, -0.05) is 285 Å². The van der Waals surface area contributed by atoms with E-state index < -0.39 is 0 Å². The van der Waals surface area contributed by atoms with Crippen molar-refractivity contribution in [1.82, 2.24) is 18.3 Å².